The fraction of sp³-hybridized carbons (Fsp3) is 0.714. The zero-order valence-electron chi connectivity index (χ0n) is 7.86. The fourth-order valence-corrected chi connectivity index (χ4v) is 1.58. The second-order valence-corrected chi connectivity index (χ2v) is 3.31. The van der Waals surface area contributed by atoms with Crippen molar-refractivity contribution in [2.24, 2.45) is 12.8 Å². The predicted molar refractivity (Wildman–Crippen MR) is 51.2 cm³/mol. The highest BCUT2D eigenvalue weighted by Gasteiger charge is 2.06. The van der Waals surface area contributed by atoms with Crippen LogP contribution >= 0.6 is 11.8 Å². The van der Waals surface area contributed by atoms with Crippen LogP contribution < -0.4 is 5.73 Å². The maximum Gasteiger partial charge on any atom is 0.193 e. The molecule has 0 fully saturated rings. The third-order valence-corrected chi connectivity index (χ3v) is 2.48. The molecule has 0 aliphatic rings. The molecule has 74 valence electrons. The van der Waals surface area contributed by atoms with Crippen molar-refractivity contribution >= 4 is 11.8 Å². The Morgan fingerprint density at radius 1 is 1.54 bits per heavy atom. The lowest BCUT2D eigenvalue weighted by Gasteiger charge is -2.01. The molecule has 0 aromatic carbocycles. The summed E-state index contributed by atoms with van der Waals surface area (Å²) in [6.07, 6.45) is 0. The Labute approximate surface area is 81.7 Å². The Hall–Kier alpha value is -0.590. The third-order valence-electron chi connectivity index (χ3n) is 1.58. The van der Waals surface area contributed by atoms with E-state index in [1.807, 2.05) is 18.5 Å². The summed E-state index contributed by atoms with van der Waals surface area (Å²) in [6, 6.07) is 0. The molecule has 0 unspecified atom stereocenters. The van der Waals surface area contributed by atoms with Gasteiger partial charge in [0, 0.05) is 13.7 Å². The van der Waals surface area contributed by atoms with Crippen LogP contribution in [0.4, 0.5) is 0 Å². The summed E-state index contributed by atoms with van der Waals surface area (Å²) in [5.74, 6) is 1.39. The van der Waals surface area contributed by atoms with Gasteiger partial charge in [0.25, 0.3) is 0 Å². The van der Waals surface area contributed by atoms with Gasteiger partial charge in [0.15, 0.2) is 5.16 Å². The SMILES string of the molecule is CCOCSc1nnc(CN)n1C. The highest BCUT2D eigenvalue weighted by atomic mass is 32.2. The normalized spacial score (nSPS) is 10.7. The number of nitrogens with two attached hydrogens (primary N) is 1. The van der Waals surface area contributed by atoms with Crippen molar-refractivity contribution in [3.05, 3.63) is 5.82 Å². The second-order valence-electron chi connectivity index (χ2n) is 2.42. The van der Waals surface area contributed by atoms with E-state index in [4.69, 9.17) is 10.5 Å². The Bertz CT molecular complexity index is 263. The third kappa shape index (κ3) is 2.68. The summed E-state index contributed by atoms with van der Waals surface area (Å²) in [6.45, 7) is 3.09. The second kappa shape index (κ2) is 5.21. The standard InChI is InChI=1S/C7H14N4OS/c1-3-12-5-13-7-10-9-6(4-8)11(7)2/h3-5,8H2,1-2H3. The van der Waals surface area contributed by atoms with Crippen molar-refractivity contribution in [1.82, 2.24) is 14.8 Å². The summed E-state index contributed by atoms with van der Waals surface area (Å²) in [4.78, 5) is 0. The summed E-state index contributed by atoms with van der Waals surface area (Å²) in [5, 5.41) is 8.74. The van der Waals surface area contributed by atoms with Crippen molar-refractivity contribution in [3.8, 4) is 0 Å². The quantitative estimate of drug-likeness (QED) is 0.424. The van der Waals surface area contributed by atoms with E-state index in [1.165, 1.54) is 11.8 Å². The van der Waals surface area contributed by atoms with Crippen molar-refractivity contribution in [2.75, 3.05) is 12.5 Å². The molecule has 1 aromatic heterocycles. The van der Waals surface area contributed by atoms with Gasteiger partial charge in [0.05, 0.1) is 12.5 Å². The van der Waals surface area contributed by atoms with Crippen LogP contribution in [0.2, 0.25) is 0 Å². The average molecular weight is 202 g/mol. The number of hydrogen-bond acceptors (Lipinski definition) is 5. The number of ether oxygens (including phenoxy) is 1. The first kappa shape index (κ1) is 10.5. The molecule has 0 spiro atoms. The first-order valence-electron chi connectivity index (χ1n) is 4.08. The van der Waals surface area contributed by atoms with E-state index in [0.717, 1.165) is 11.0 Å². The minimum Gasteiger partial charge on any atom is -0.371 e. The van der Waals surface area contributed by atoms with Crippen LogP contribution in [-0.4, -0.2) is 27.3 Å². The molecule has 0 amide bonds. The maximum absolute atomic E-state index is 5.45. The predicted octanol–water partition coefficient (Wildman–Crippen LogP) is 0.360. The Kier molecular flexibility index (Phi) is 4.20. The van der Waals surface area contributed by atoms with E-state index < -0.39 is 0 Å². The molecule has 0 saturated heterocycles. The molecule has 2 N–H and O–H groups in total. The van der Waals surface area contributed by atoms with Crippen molar-refractivity contribution in [2.45, 2.75) is 18.6 Å². The van der Waals surface area contributed by atoms with Gasteiger partial charge in [-0.2, -0.15) is 0 Å². The minimum absolute atomic E-state index is 0.415. The molecule has 0 saturated carbocycles. The molecule has 0 aliphatic carbocycles. The topological polar surface area (TPSA) is 66.0 Å². The van der Waals surface area contributed by atoms with Crippen LogP contribution in [0.15, 0.2) is 5.16 Å². The molecule has 6 heteroatoms. The van der Waals surface area contributed by atoms with E-state index in [-0.39, 0.29) is 0 Å². The highest BCUT2D eigenvalue weighted by molar-refractivity contribution is 7.99. The number of nitrogens with zero attached hydrogens (tertiary/aromatic N) is 3. The molecule has 0 atom stereocenters. The van der Waals surface area contributed by atoms with Crippen LogP contribution in [0, 0.1) is 0 Å². The lowest BCUT2D eigenvalue weighted by Crippen LogP contribution is -2.05. The van der Waals surface area contributed by atoms with Gasteiger partial charge >= 0.3 is 0 Å². The highest BCUT2D eigenvalue weighted by Crippen LogP contribution is 2.14. The van der Waals surface area contributed by atoms with Crippen LogP contribution in [0.25, 0.3) is 0 Å². The van der Waals surface area contributed by atoms with E-state index in [9.17, 15) is 0 Å². The molecular formula is C7H14N4OS. The molecular weight excluding hydrogens is 188 g/mol. The fourth-order valence-electron chi connectivity index (χ4n) is 0.826. The molecule has 13 heavy (non-hydrogen) atoms. The van der Waals surface area contributed by atoms with Gasteiger partial charge in [-0.3, -0.25) is 0 Å². The van der Waals surface area contributed by atoms with Crippen molar-refractivity contribution in [3.63, 3.8) is 0 Å². The van der Waals surface area contributed by atoms with Crippen LogP contribution in [0.5, 0.6) is 0 Å². The van der Waals surface area contributed by atoms with Gasteiger partial charge in [0.2, 0.25) is 0 Å². The van der Waals surface area contributed by atoms with Gasteiger partial charge in [0.1, 0.15) is 5.82 Å². The molecule has 1 aromatic rings. The molecule has 1 rings (SSSR count). The molecule has 5 nitrogen and oxygen atoms in total. The summed E-state index contributed by atoms with van der Waals surface area (Å²) in [7, 11) is 1.90. The smallest absolute Gasteiger partial charge is 0.193 e. The zero-order valence-corrected chi connectivity index (χ0v) is 8.67. The summed E-state index contributed by atoms with van der Waals surface area (Å²) >= 11 is 1.52. The number of thioether (sulfide) groups is 1. The maximum atomic E-state index is 5.45. The largest absolute Gasteiger partial charge is 0.371 e. The average Bonchev–Trinajstić information content (AvgIpc) is 2.48. The van der Waals surface area contributed by atoms with Crippen molar-refractivity contribution < 1.29 is 4.74 Å². The molecule has 1 heterocycles. The van der Waals surface area contributed by atoms with Gasteiger partial charge in [-0.1, -0.05) is 11.8 Å². The number of hydrogen-bond donors (Lipinski definition) is 1. The monoisotopic (exact) mass is 202 g/mol. The number of rotatable bonds is 5. The van der Waals surface area contributed by atoms with Gasteiger partial charge in [-0.05, 0) is 6.92 Å². The van der Waals surface area contributed by atoms with Gasteiger partial charge < -0.3 is 15.0 Å². The first-order valence-corrected chi connectivity index (χ1v) is 5.07. The Morgan fingerprint density at radius 2 is 2.31 bits per heavy atom. The molecule has 0 bridgehead atoms. The van der Waals surface area contributed by atoms with E-state index in [2.05, 4.69) is 10.2 Å². The Balaban J connectivity index is 2.51. The van der Waals surface area contributed by atoms with Gasteiger partial charge in [-0.15, -0.1) is 10.2 Å². The lowest BCUT2D eigenvalue weighted by molar-refractivity contribution is 0.199. The van der Waals surface area contributed by atoms with Crippen LogP contribution in [-0.2, 0) is 18.3 Å². The van der Waals surface area contributed by atoms with E-state index in [0.29, 0.717) is 19.1 Å². The molecule has 0 aliphatic heterocycles. The molecule has 0 radical (unpaired) electrons. The zero-order chi connectivity index (χ0) is 9.68. The minimum atomic E-state index is 0.415. The van der Waals surface area contributed by atoms with E-state index in [1.54, 1.807) is 0 Å². The van der Waals surface area contributed by atoms with Crippen LogP contribution in [0.1, 0.15) is 12.7 Å². The summed E-state index contributed by atoms with van der Waals surface area (Å²) < 4.78 is 7.06. The first-order chi connectivity index (χ1) is 6.29. The lowest BCUT2D eigenvalue weighted by atomic mass is 10.6. The van der Waals surface area contributed by atoms with Crippen LogP contribution in [0.3, 0.4) is 0 Å². The summed E-state index contributed by atoms with van der Waals surface area (Å²) in [5.41, 5.74) is 5.45. The van der Waals surface area contributed by atoms with E-state index >= 15 is 0 Å². The van der Waals surface area contributed by atoms with Gasteiger partial charge in [-0.25, -0.2) is 0 Å². The number of aromatic nitrogens is 3. The van der Waals surface area contributed by atoms with Crippen molar-refractivity contribution in [1.29, 1.82) is 0 Å². The Morgan fingerprint density at radius 3 is 2.85 bits per heavy atom.